The van der Waals surface area contributed by atoms with Crippen LogP contribution < -0.4 is 4.74 Å². The number of aryl methyl sites for hydroxylation is 2. The van der Waals surface area contributed by atoms with E-state index in [1.165, 1.54) is 11.6 Å². The lowest BCUT2D eigenvalue weighted by atomic mass is 10.0. The van der Waals surface area contributed by atoms with Crippen molar-refractivity contribution in [2.75, 3.05) is 6.61 Å². The molecule has 32 heavy (non-hydrogen) atoms. The van der Waals surface area contributed by atoms with Crippen molar-refractivity contribution in [2.45, 2.75) is 47.1 Å². The molecule has 1 heterocycles. The number of carboxylic acid groups (broad SMARTS) is 1. The lowest BCUT2D eigenvalue weighted by Crippen LogP contribution is -2.05. The van der Waals surface area contributed by atoms with Crippen LogP contribution in [-0.2, 0) is 16.1 Å². The summed E-state index contributed by atoms with van der Waals surface area (Å²) in [5.74, 6) is 1.24. The number of benzene rings is 2. The lowest BCUT2D eigenvalue weighted by Gasteiger charge is -2.09. The molecule has 168 valence electrons. The van der Waals surface area contributed by atoms with Crippen molar-refractivity contribution in [1.29, 1.82) is 0 Å². The van der Waals surface area contributed by atoms with Gasteiger partial charge in [0.15, 0.2) is 0 Å². The monoisotopic (exact) mass is 435 g/mol. The van der Waals surface area contributed by atoms with E-state index in [9.17, 15) is 9.90 Å². The number of ether oxygens (including phenoxy) is 2. The Kier molecular flexibility index (Phi) is 7.36. The predicted molar refractivity (Wildman–Crippen MR) is 124 cm³/mol. The van der Waals surface area contributed by atoms with Gasteiger partial charge in [-0.05, 0) is 73.7 Å². The molecule has 0 saturated heterocycles. The molecular weight excluding hydrogens is 406 g/mol. The van der Waals surface area contributed by atoms with Gasteiger partial charge in [-0.2, -0.15) is 0 Å². The Labute approximate surface area is 188 Å². The maximum absolute atomic E-state index is 11.3. The molecule has 0 saturated carbocycles. The fourth-order valence-electron chi connectivity index (χ4n) is 3.21. The van der Waals surface area contributed by atoms with Crippen LogP contribution in [-0.4, -0.2) is 22.7 Å². The van der Waals surface area contributed by atoms with Crippen molar-refractivity contribution in [3.8, 4) is 17.2 Å². The van der Waals surface area contributed by atoms with Crippen LogP contribution in [0, 0.1) is 13.8 Å². The highest BCUT2D eigenvalue weighted by Gasteiger charge is 2.13. The minimum absolute atomic E-state index is 0.0866. The zero-order valence-corrected chi connectivity index (χ0v) is 19.1. The van der Waals surface area contributed by atoms with Crippen molar-refractivity contribution in [2.24, 2.45) is 0 Å². The molecule has 0 amide bonds. The molecule has 6 nitrogen and oxygen atoms in total. The molecule has 0 aliphatic heterocycles. The zero-order valence-electron chi connectivity index (χ0n) is 19.1. The highest BCUT2D eigenvalue weighted by Crippen LogP contribution is 2.26. The van der Waals surface area contributed by atoms with Crippen LogP contribution in [0.1, 0.15) is 54.8 Å². The topological polar surface area (TPSA) is 81.8 Å². The number of carboxylic acids is 1. The van der Waals surface area contributed by atoms with Crippen LogP contribution in [0.3, 0.4) is 0 Å². The largest absolute Gasteiger partial charge is 0.487 e. The minimum Gasteiger partial charge on any atom is -0.487 e. The van der Waals surface area contributed by atoms with E-state index in [-0.39, 0.29) is 12.4 Å². The molecule has 1 aromatic heterocycles. The fourth-order valence-corrected chi connectivity index (χ4v) is 3.21. The zero-order chi connectivity index (χ0) is 23.3. The van der Waals surface area contributed by atoms with Crippen LogP contribution >= 0.6 is 0 Å². The van der Waals surface area contributed by atoms with Crippen molar-refractivity contribution in [3.63, 3.8) is 0 Å². The second-order valence-corrected chi connectivity index (χ2v) is 7.85. The summed E-state index contributed by atoms with van der Waals surface area (Å²) >= 11 is 0. The molecule has 0 unspecified atom stereocenters. The van der Waals surface area contributed by atoms with E-state index in [2.05, 4.69) is 31.0 Å². The number of oxazole rings is 1. The second-order valence-electron chi connectivity index (χ2n) is 7.85. The Balaban J connectivity index is 1.71. The molecule has 2 aromatic carbocycles. The molecule has 0 radical (unpaired) electrons. The molecule has 0 aliphatic rings. The third-order valence-electron chi connectivity index (χ3n) is 5.13. The smallest absolute Gasteiger partial charge is 0.371 e. The minimum atomic E-state index is -1.09. The van der Waals surface area contributed by atoms with Crippen molar-refractivity contribution in [3.05, 3.63) is 76.4 Å². The first-order chi connectivity index (χ1) is 15.3. The van der Waals surface area contributed by atoms with E-state index < -0.39 is 5.97 Å². The number of hydrogen-bond acceptors (Lipinski definition) is 5. The summed E-state index contributed by atoms with van der Waals surface area (Å²) in [6.45, 7) is 10.4. The first-order valence-electron chi connectivity index (χ1n) is 10.7. The number of hydrogen-bond donors (Lipinski definition) is 1. The molecule has 0 aliphatic carbocycles. The number of aliphatic carboxylic acids is 1. The number of nitrogens with zero attached hydrogens (tertiary/aromatic N) is 1. The summed E-state index contributed by atoms with van der Waals surface area (Å²) in [7, 11) is 0. The lowest BCUT2D eigenvalue weighted by molar-refractivity contribution is -0.136. The number of aromatic nitrogens is 1. The van der Waals surface area contributed by atoms with Gasteiger partial charge in [0.25, 0.3) is 0 Å². The Hall–Kier alpha value is -3.54. The molecular formula is C26H29NO5. The number of rotatable bonds is 9. The van der Waals surface area contributed by atoms with Gasteiger partial charge < -0.3 is 19.0 Å². The molecule has 6 heteroatoms. The molecule has 1 N–H and O–H groups in total. The molecule has 0 bridgehead atoms. The Morgan fingerprint density at radius 3 is 2.47 bits per heavy atom. The van der Waals surface area contributed by atoms with Crippen LogP contribution in [0.4, 0.5) is 0 Å². The van der Waals surface area contributed by atoms with E-state index in [0.717, 1.165) is 22.4 Å². The summed E-state index contributed by atoms with van der Waals surface area (Å²) < 4.78 is 17.0. The standard InChI is InChI=1S/C26H29NO5/c1-6-30-24(26(28)29)14-21-11-12-22(13-17(21)4)31-15-23-18(5)32-25(27-23)20-9-7-19(8-10-20)16(2)3/h7-14,16H,6,15H2,1-5H3,(H,28,29)/b24-14+. The number of carbonyl (C=O) groups is 1. The van der Waals surface area contributed by atoms with Gasteiger partial charge in [0.1, 0.15) is 23.8 Å². The molecule has 0 fully saturated rings. The highest BCUT2D eigenvalue weighted by atomic mass is 16.5. The molecule has 0 atom stereocenters. The Morgan fingerprint density at radius 2 is 1.88 bits per heavy atom. The van der Waals surface area contributed by atoms with E-state index in [0.29, 0.717) is 29.9 Å². The average Bonchev–Trinajstić information content (AvgIpc) is 3.14. The van der Waals surface area contributed by atoms with Crippen LogP contribution in [0.5, 0.6) is 5.75 Å². The Bertz CT molecular complexity index is 1110. The molecule has 3 aromatic rings. The normalized spacial score (nSPS) is 11.6. The summed E-state index contributed by atoms with van der Waals surface area (Å²) in [4.78, 5) is 15.9. The van der Waals surface area contributed by atoms with Crippen LogP contribution in [0.25, 0.3) is 17.5 Å². The van der Waals surface area contributed by atoms with Gasteiger partial charge >= 0.3 is 5.97 Å². The molecule has 0 spiro atoms. The summed E-state index contributed by atoms with van der Waals surface area (Å²) in [6.07, 6.45) is 1.52. The van der Waals surface area contributed by atoms with Crippen LogP contribution in [0.2, 0.25) is 0 Å². The third kappa shape index (κ3) is 5.58. The summed E-state index contributed by atoms with van der Waals surface area (Å²) in [5, 5.41) is 9.24. The first kappa shape index (κ1) is 23.1. The van der Waals surface area contributed by atoms with Crippen molar-refractivity contribution < 1.29 is 23.8 Å². The highest BCUT2D eigenvalue weighted by molar-refractivity contribution is 5.90. The van der Waals surface area contributed by atoms with Crippen LogP contribution in [0.15, 0.2) is 52.6 Å². The van der Waals surface area contributed by atoms with Gasteiger partial charge in [0, 0.05) is 5.56 Å². The average molecular weight is 436 g/mol. The first-order valence-corrected chi connectivity index (χ1v) is 10.7. The predicted octanol–water partition coefficient (Wildman–Crippen LogP) is 6.12. The van der Waals surface area contributed by atoms with Gasteiger partial charge in [-0.25, -0.2) is 9.78 Å². The fraction of sp³-hybridized carbons (Fsp3) is 0.308. The second kappa shape index (κ2) is 10.2. The van der Waals surface area contributed by atoms with Gasteiger partial charge in [0.05, 0.1) is 6.61 Å². The van der Waals surface area contributed by atoms with Crippen molar-refractivity contribution >= 4 is 12.0 Å². The van der Waals surface area contributed by atoms with E-state index in [4.69, 9.17) is 13.9 Å². The van der Waals surface area contributed by atoms with Crippen molar-refractivity contribution in [1.82, 2.24) is 4.98 Å². The van der Waals surface area contributed by atoms with E-state index >= 15 is 0 Å². The maximum atomic E-state index is 11.3. The Morgan fingerprint density at radius 1 is 1.16 bits per heavy atom. The third-order valence-corrected chi connectivity index (χ3v) is 5.13. The summed E-state index contributed by atoms with van der Waals surface area (Å²) in [5.41, 5.74) is 4.57. The van der Waals surface area contributed by atoms with E-state index in [1.807, 2.05) is 38.1 Å². The van der Waals surface area contributed by atoms with Gasteiger partial charge in [0.2, 0.25) is 11.6 Å². The summed E-state index contributed by atoms with van der Waals surface area (Å²) in [6, 6.07) is 13.7. The molecule has 3 rings (SSSR count). The van der Waals surface area contributed by atoms with Gasteiger partial charge in [-0.15, -0.1) is 0 Å². The quantitative estimate of drug-likeness (QED) is 0.322. The SMILES string of the molecule is CCO/C(=C/c1ccc(OCc2nc(-c3ccc(C(C)C)cc3)oc2C)cc1C)C(=O)O. The van der Waals surface area contributed by atoms with Gasteiger partial charge in [-0.1, -0.05) is 32.0 Å². The maximum Gasteiger partial charge on any atom is 0.371 e. The van der Waals surface area contributed by atoms with Gasteiger partial charge in [-0.3, -0.25) is 0 Å². The van der Waals surface area contributed by atoms with E-state index in [1.54, 1.807) is 13.0 Å².